The molecule has 1 N–H and O–H groups in total. The second kappa shape index (κ2) is 14.2. The van der Waals surface area contributed by atoms with Crippen molar-refractivity contribution in [1.82, 2.24) is 4.98 Å². The van der Waals surface area contributed by atoms with Gasteiger partial charge in [-0.05, 0) is 58.4 Å². The van der Waals surface area contributed by atoms with Crippen LogP contribution in [-0.2, 0) is 14.2 Å². The lowest BCUT2D eigenvalue weighted by Gasteiger charge is -2.26. The first-order chi connectivity index (χ1) is 17.8. The lowest BCUT2D eigenvalue weighted by molar-refractivity contribution is -0.131. The van der Waals surface area contributed by atoms with Gasteiger partial charge in [-0.25, -0.2) is 0 Å². The molecular weight excluding hydrogens is 492 g/mol. The van der Waals surface area contributed by atoms with Crippen LogP contribution in [0.2, 0.25) is 5.02 Å². The SMILES string of the molecule is C=c1c(Oc2ccc(NC(C)=NC(C)C)c(Cl)c2)ccn/c1=C/C(OCCCOC1COC1)C(C)=NC. The molecule has 1 unspecified atom stereocenters. The van der Waals surface area contributed by atoms with E-state index in [4.69, 9.17) is 30.5 Å². The molecule has 3 rings (SSSR count). The van der Waals surface area contributed by atoms with Crippen molar-refractivity contribution in [3.05, 3.63) is 46.1 Å². The summed E-state index contributed by atoms with van der Waals surface area (Å²) in [6, 6.07) is 7.43. The van der Waals surface area contributed by atoms with Crippen LogP contribution in [0, 0.1) is 0 Å². The Labute approximate surface area is 224 Å². The molecule has 1 aromatic carbocycles. The molecular formula is C28H37ClN4O4. The minimum atomic E-state index is -0.337. The zero-order valence-corrected chi connectivity index (χ0v) is 23.0. The minimum absolute atomic E-state index is 0.195. The van der Waals surface area contributed by atoms with Crippen LogP contribution in [0.1, 0.15) is 34.1 Å². The Balaban J connectivity index is 1.70. The van der Waals surface area contributed by atoms with E-state index >= 15 is 0 Å². The van der Waals surface area contributed by atoms with Gasteiger partial charge in [0.1, 0.15) is 23.7 Å². The largest absolute Gasteiger partial charge is 0.457 e. The highest BCUT2D eigenvalue weighted by Gasteiger charge is 2.18. The molecule has 37 heavy (non-hydrogen) atoms. The van der Waals surface area contributed by atoms with Crippen molar-refractivity contribution >= 4 is 41.5 Å². The van der Waals surface area contributed by atoms with Gasteiger partial charge < -0.3 is 24.3 Å². The van der Waals surface area contributed by atoms with E-state index in [1.165, 1.54) is 0 Å². The molecule has 0 saturated carbocycles. The van der Waals surface area contributed by atoms with Gasteiger partial charge in [-0.2, -0.15) is 0 Å². The third kappa shape index (κ3) is 8.93. The third-order valence-electron chi connectivity index (χ3n) is 5.60. The summed E-state index contributed by atoms with van der Waals surface area (Å²) in [5.74, 6) is 1.96. The molecule has 2 aromatic rings. The number of anilines is 1. The van der Waals surface area contributed by atoms with E-state index in [0.29, 0.717) is 53.5 Å². The summed E-state index contributed by atoms with van der Waals surface area (Å²) in [5.41, 5.74) is 1.60. The first kappa shape index (κ1) is 28.8. The summed E-state index contributed by atoms with van der Waals surface area (Å²) in [5, 5.41) is 5.06. The molecule has 1 fully saturated rings. The van der Waals surface area contributed by atoms with Gasteiger partial charge in [0.15, 0.2) is 0 Å². The molecule has 1 aliphatic heterocycles. The van der Waals surface area contributed by atoms with Crippen molar-refractivity contribution in [3.63, 3.8) is 0 Å². The molecule has 9 heteroatoms. The molecule has 0 amide bonds. The summed E-state index contributed by atoms with van der Waals surface area (Å²) >= 11 is 6.49. The molecule has 2 heterocycles. The Kier molecular flexibility index (Phi) is 11.1. The summed E-state index contributed by atoms with van der Waals surface area (Å²) in [6.45, 7) is 14.6. The van der Waals surface area contributed by atoms with E-state index < -0.39 is 0 Å². The van der Waals surface area contributed by atoms with Gasteiger partial charge in [-0.1, -0.05) is 18.2 Å². The Morgan fingerprint density at radius 3 is 2.70 bits per heavy atom. The minimum Gasteiger partial charge on any atom is -0.457 e. The van der Waals surface area contributed by atoms with Crippen molar-refractivity contribution in [1.29, 1.82) is 0 Å². The number of aromatic nitrogens is 1. The highest BCUT2D eigenvalue weighted by molar-refractivity contribution is 6.33. The maximum atomic E-state index is 6.49. The number of ether oxygens (including phenoxy) is 4. The van der Waals surface area contributed by atoms with Gasteiger partial charge in [0.05, 0.1) is 41.7 Å². The maximum absolute atomic E-state index is 6.49. The van der Waals surface area contributed by atoms with Crippen LogP contribution in [0.25, 0.3) is 12.7 Å². The normalized spacial score (nSPS) is 16.1. The zero-order chi connectivity index (χ0) is 26.8. The average Bonchev–Trinajstić information content (AvgIpc) is 2.82. The quantitative estimate of drug-likeness (QED) is 0.252. The van der Waals surface area contributed by atoms with E-state index in [0.717, 1.165) is 23.7 Å². The average molecular weight is 529 g/mol. The summed E-state index contributed by atoms with van der Waals surface area (Å²) < 4.78 is 23.0. The number of benzene rings is 1. The molecule has 8 nitrogen and oxygen atoms in total. The predicted octanol–water partition coefficient (Wildman–Crippen LogP) is 4.24. The predicted molar refractivity (Wildman–Crippen MR) is 151 cm³/mol. The van der Waals surface area contributed by atoms with E-state index in [1.807, 2.05) is 45.9 Å². The van der Waals surface area contributed by atoms with Crippen molar-refractivity contribution in [2.45, 2.75) is 52.4 Å². The molecule has 200 valence electrons. The lowest BCUT2D eigenvalue weighted by Crippen LogP contribution is -2.36. The fourth-order valence-corrected chi connectivity index (χ4v) is 3.74. The number of amidine groups is 1. The molecule has 0 aliphatic carbocycles. The van der Waals surface area contributed by atoms with E-state index in [2.05, 4.69) is 26.9 Å². The number of hydrogen-bond donors (Lipinski definition) is 1. The van der Waals surface area contributed by atoms with Crippen molar-refractivity contribution in [2.24, 2.45) is 9.98 Å². The van der Waals surface area contributed by atoms with E-state index in [1.54, 1.807) is 25.4 Å². The topological polar surface area (TPSA) is 86.6 Å². The number of rotatable bonds is 12. The summed E-state index contributed by atoms with van der Waals surface area (Å²) in [4.78, 5) is 13.3. The summed E-state index contributed by atoms with van der Waals surface area (Å²) in [7, 11) is 1.75. The second-order valence-corrected chi connectivity index (χ2v) is 9.46. The molecule has 1 aliphatic rings. The van der Waals surface area contributed by atoms with Gasteiger partial charge in [0.2, 0.25) is 0 Å². The fourth-order valence-electron chi connectivity index (χ4n) is 3.52. The van der Waals surface area contributed by atoms with Crippen LogP contribution >= 0.6 is 11.6 Å². The Hall–Kier alpha value is -2.78. The van der Waals surface area contributed by atoms with Crippen LogP contribution in [0.4, 0.5) is 5.69 Å². The summed E-state index contributed by atoms with van der Waals surface area (Å²) in [6.07, 6.45) is 4.25. The van der Waals surface area contributed by atoms with Crippen molar-refractivity contribution < 1.29 is 18.9 Å². The number of pyridine rings is 1. The highest BCUT2D eigenvalue weighted by Crippen LogP contribution is 2.28. The highest BCUT2D eigenvalue weighted by atomic mass is 35.5. The van der Waals surface area contributed by atoms with Gasteiger partial charge >= 0.3 is 0 Å². The zero-order valence-electron chi connectivity index (χ0n) is 22.3. The Morgan fingerprint density at radius 2 is 2.05 bits per heavy atom. The Morgan fingerprint density at radius 1 is 1.27 bits per heavy atom. The van der Waals surface area contributed by atoms with Crippen molar-refractivity contribution in [3.8, 4) is 11.5 Å². The lowest BCUT2D eigenvalue weighted by atomic mass is 10.2. The third-order valence-corrected chi connectivity index (χ3v) is 5.92. The molecule has 1 saturated heterocycles. The molecule has 1 atom stereocenters. The Bertz CT molecular complexity index is 1210. The number of nitrogens with one attached hydrogen (secondary N) is 1. The molecule has 0 bridgehead atoms. The molecule has 1 aromatic heterocycles. The molecule has 0 spiro atoms. The van der Waals surface area contributed by atoms with Gasteiger partial charge in [0, 0.05) is 42.9 Å². The number of aliphatic imine (C=N–C) groups is 2. The standard InChI is InChI=1S/C28H37ClN4O4/c1-18(2)32-21(5)33-25-9-8-22(14-24(25)29)37-27-10-11-31-26(19(27)3)15-28(20(4)30-6)36-13-7-12-35-23-16-34-17-23/h8-11,14-15,18,23,28H,3,7,12-13,16-17H2,1-2,4-6H3,(H,32,33)/b26-15+,30-20?. The number of nitrogens with zero attached hydrogens (tertiary/aromatic N) is 3. The first-order valence-corrected chi connectivity index (χ1v) is 12.8. The number of hydrogen-bond acceptors (Lipinski definition) is 7. The van der Waals surface area contributed by atoms with Gasteiger partial charge in [-0.15, -0.1) is 0 Å². The smallest absolute Gasteiger partial charge is 0.137 e. The van der Waals surface area contributed by atoms with Gasteiger partial charge in [0.25, 0.3) is 0 Å². The van der Waals surface area contributed by atoms with Crippen molar-refractivity contribution in [2.75, 3.05) is 38.8 Å². The first-order valence-electron chi connectivity index (χ1n) is 12.5. The van der Waals surface area contributed by atoms with Crippen LogP contribution < -0.4 is 20.6 Å². The van der Waals surface area contributed by atoms with Crippen LogP contribution in [0.15, 0.2) is 40.4 Å². The monoisotopic (exact) mass is 528 g/mol. The van der Waals surface area contributed by atoms with Crippen LogP contribution in [-0.4, -0.2) is 68.3 Å². The van der Waals surface area contributed by atoms with Crippen LogP contribution in [0.5, 0.6) is 11.5 Å². The van der Waals surface area contributed by atoms with E-state index in [9.17, 15) is 0 Å². The van der Waals surface area contributed by atoms with E-state index in [-0.39, 0.29) is 18.2 Å². The maximum Gasteiger partial charge on any atom is 0.137 e. The van der Waals surface area contributed by atoms with Gasteiger partial charge in [-0.3, -0.25) is 15.0 Å². The van der Waals surface area contributed by atoms with Crippen LogP contribution in [0.3, 0.4) is 0 Å². The molecule has 0 radical (unpaired) electrons. The second-order valence-electron chi connectivity index (χ2n) is 9.06. The number of halogens is 1. The fraction of sp³-hybridized carbons (Fsp3) is 0.464.